The maximum absolute atomic E-state index is 11.9. The summed E-state index contributed by atoms with van der Waals surface area (Å²) in [6.07, 6.45) is -2.40. The lowest BCUT2D eigenvalue weighted by Crippen LogP contribution is -2.37. The molecule has 0 aromatic heterocycles. The molecular formula is C9H16F3N. The van der Waals surface area contributed by atoms with Gasteiger partial charge in [-0.05, 0) is 38.6 Å². The average molecular weight is 195 g/mol. The maximum atomic E-state index is 11.9. The van der Waals surface area contributed by atoms with Crippen molar-refractivity contribution in [1.29, 1.82) is 0 Å². The minimum Gasteiger partial charge on any atom is -0.314 e. The van der Waals surface area contributed by atoms with Crippen molar-refractivity contribution < 1.29 is 13.2 Å². The second kappa shape index (κ2) is 4.31. The molecule has 1 aliphatic heterocycles. The molecule has 0 aromatic carbocycles. The van der Waals surface area contributed by atoms with Crippen molar-refractivity contribution in [1.82, 2.24) is 5.32 Å². The highest BCUT2D eigenvalue weighted by Crippen LogP contribution is 2.27. The molecule has 1 aliphatic rings. The zero-order valence-corrected chi connectivity index (χ0v) is 7.82. The molecule has 0 bridgehead atoms. The van der Waals surface area contributed by atoms with Gasteiger partial charge in [-0.15, -0.1) is 0 Å². The van der Waals surface area contributed by atoms with Gasteiger partial charge in [0.1, 0.15) is 0 Å². The summed E-state index contributed by atoms with van der Waals surface area (Å²) in [5, 5.41) is 3.20. The van der Waals surface area contributed by atoms with Gasteiger partial charge in [0.15, 0.2) is 0 Å². The summed E-state index contributed by atoms with van der Waals surface area (Å²) < 4.78 is 35.6. The minimum atomic E-state index is -3.98. The van der Waals surface area contributed by atoms with Crippen LogP contribution in [0.15, 0.2) is 0 Å². The second-order valence-electron chi connectivity index (χ2n) is 3.91. The van der Waals surface area contributed by atoms with Gasteiger partial charge in [-0.2, -0.15) is 13.2 Å². The number of nitrogens with one attached hydrogen (secondary N) is 1. The molecule has 1 nitrogen and oxygen atoms in total. The van der Waals surface area contributed by atoms with Gasteiger partial charge in [-0.25, -0.2) is 0 Å². The molecule has 1 rings (SSSR count). The van der Waals surface area contributed by atoms with Crippen LogP contribution in [0.2, 0.25) is 0 Å². The van der Waals surface area contributed by atoms with Crippen molar-refractivity contribution in [3.63, 3.8) is 0 Å². The second-order valence-corrected chi connectivity index (χ2v) is 3.91. The molecule has 0 aromatic rings. The van der Waals surface area contributed by atoms with E-state index >= 15 is 0 Å². The van der Waals surface area contributed by atoms with Crippen LogP contribution >= 0.6 is 0 Å². The number of hydrogen-bond donors (Lipinski definition) is 1. The van der Waals surface area contributed by atoms with Crippen LogP contribution in [-0.2, 0) is 0 Å². The SMILES string of the molecule is CC1CCC(CCC(F)(F)F)CN1. The Morgan fingerprint density at radius 2 is 2.00 bits per heavy atom. The highest BCUT2D eigenvalue weighted by Gasteiger charge is 2.29. The van der Waals surface area contributed by atoms with Crippen molar-refractivity contribution in [2.24, 2.45) is 5.92 Å². The van der Waals surface area contributed by atoms with Gasteiger partial charge in [0, 0.05) is 12.5 Å². The van der Waals surface area contributed by atoms with Gasteiger partial charge < -0.3 is 5.32 Å². The summed E-state index contributed by atoms with van der Waals surface area (Å²) >= 11 is 0. The quantitative estimate of drug-likeness (QED) is 0.714. The number of halogens is 3. The van der Waals surface area contributed by atoms with Gasteiger partial charge in [-0.3, -0.25) is 0 Å². The summed E-state index contributed by atoms with van der Waals surface area (Å²) in [6, 6.07) is 0.474. The Morgan fingerprint density at radius 3 is 2.46 bits per heavy atom. The van der Waals surface area contributed by atoms with Gasteiger partial charge in [0.25, 0.3) is 0 Å². The third-order valence-corrected chi connectivity index (χ3v) is 2.60. The van der Waals surface area contributed by atoms with E-state index in [0.29, 0.717) is 6.04 Å². The van der Waals surface area contributed by atoms with Gasteiger partial charge >= 0.3 is 6.18 Å². The molecule has 1 heterocycles. The van der Waals surface area contributed by atoms with E-state index in [2.05, 4.69) is 12.2 Å². The normalized spacial score (nSPS) is 30.5. The van der Waals surface area contributed by atoms with Crippen LogP contribution in [0.4, 0.5) is 13.2 Å². The summed E-state index contributed by atoms with van der Waals surface area (Å²) in [5.41, 5.74) is 0. The molecule has 78 valence electrons. The van der Waals surface area contributed by atoms with Gasteiger partial charge in [0.05, 0.1) is 0 Å². The smallest absolute Gasteiger partial charge is 0.314 e. The third-order valence-electron chi connectivity index (χ3n) is 2.60. The molecule has 2 unspecified atom stereocenters. The van der Waals surface area contributed by atoms with E-state index in [9.17, 15) is 13.2 Å². The Hall–Kier alpha value is -0.250. The van der Waals surface area contributed by atoms with Crippen molar-refractivity contribution in [3.05, 3.63) is 0 Å². The van der Waals surface area contributed by atoms with Crippen LogP contribution in [0.25, 0.3) is 0 Å². The first kappa shape index (κ1) is 10.8. The molecule has 1 saturated heterocycles. The molecule has 0 spiro atoms. The van der Waals surface area contributed by atoms with E-state index in [-0.39, 0.29) is 12.3 Å². The predicted octanol–water partition coefficient (Wildman–Crippen LogP) is 2.72. The highest BCUT2D eigenvalue weighted by atomic mass is 19.4. The topological polar surface area (TPSA) is 12.0 Å². The number of alkyl halides is 3. The standard InChI is InChI=1S/C9H16F3N/c1-7-2-3-8(6-13-7)4-5-9(10,11)12/h7-8,13H,2-6H2,1H3. The molecule has 2 atom stereocenters. The van der Waals surface area contributed by atoms with Crippen molar-refractivity contribution in [2.75, 3.05) is 6.54 Å². The summed E-state index contributed by atoms with van der Waals surface area (Å²) in [6.45, 7) is 2.82. The zero-order valence-electron chi connectivity index (χ0n) is 7.82. The van der Waals surface area contributed by atoms with E-state index in [4.69, 9.17) is 0 Å². The lowest BCUT2D eigenvalue weighted by molar-refractivity contribution is -0.137. The summed E-state index contributed by atoms with van der Waals surface area (Å²) in [7, 11) is 0. The van der Waals surface area contributed by atoms with Crippen molar-refractivity contribution in [3.8, 4) is 0 Å². The molecular weight excluding hydrogens is 179 g/mol. The first-order valence-electron chi connectivity index (χ1n) is 4.77. The summed E-state index contributed by atoms with van der Waals surface area (Å²) in [5.74, 6) is 0.220. The molecule has 0 radical (unpaired) electrons. The first-order chi connectivity index (χ1) is 5.97. The van der Waals surface area contributed by atoms with Crippen LogP contribution in [-0.4, -0.2) is 18.8 Å². The fourth-order valence-electron chi connectivity index (χ4n) is 1.67. The number of rotatable bonds is 2. The predicted molar refractivity (Wildman–Crippen MR) is 45.5 cm³/mol. The molecule has 1 N–H and O–H groups in total. The number of hydrogen-bond acceptors (Lipinski definition) is 1. The van der Waals surface area contributed by atoms with Crippen LogP contribution < -0.4 is 5.32 Å². The Bertz CT molecular complexity index is 147. The average Bonchev–Trinajstić information content (AvgIpc) is 2.02. The monoisotopic (exact) mass is 195 g/mol. The van der Waals surface area contributed by atoms with Gasteiger partial charge in [-0.1, -0.05) is 0 Å². The van der Waals surface area contributed by atoms with Crippen molar-refractivity contribution >= 4 is 0 Å². The molecule has 4 heteroatoms. The molecule has 0 saturated carbocycles. The summed E-state index contributed by atoms with van der Waals surface area (Å²) in [4.78, 5) is 0. The third kappa shape index (κ3) is 4.50. The van der Waals surface area contributed by atoms with E-state index in [1.54, 1.807) is 0 Å². The molecule has 0 amide bonds. The van der Waals surface area contributed by atoms with Crippen LogP contribution in [0.1, 0.15) is 32.6 Å². The molecule has 1 fully saturated rings. The van der Waals surface area contributed by atoms with Gasteiger partial charge in [0.2, 0.25) is 0 Å². The van der Waals surface area contributed by atoms with E-state index in [1.165, 1.54) is 0 Å². The Balaban J connectivity index is 2.16. The fourth-order valence-corrected chi connectivity index (χ4v) is 1.67. The minimum absolute atomic E-state index is 0.220. The lowest BCUT2D eigenvalue weighted by atomic mass is 9.91. The van der Waals surface area contributed by atoms with Crippen LogP contribution in [0.3, 0.4) is 0 Å². The first-order valence-corrected chi connectivity index (χ1v) is 4.77. The van der Waals surface area contributed by atoms with E-state index in [0.717, 1.165) is 19.4 Å². The number of piperidine rings is 1. The van der Waals surface area contributed by atoms with Crippen LogP contribution in [0, 0.1) is 5.92 Å². The van der Waals surface area contributed by atoms with E-state index < -0.39 is 12.6 Å². The maximum Gasteiger partial charge on any atom is 0.389 e. The van der Waals surface area contributed by atoms with Crippen LogP contribution in [0.5, 0.6) is 0 Å². The lowest BCUT2D eigenvalue weighted by Gasteiger charge is -2.27. The Morgan fingerprint density at radius 1 is 1.31 bits per heavy atom. The highest BCUT2D eigenvalue weighted by molar-refractivity contribution is 4.75. The largest absolute Gasteiger partial charge is 0.389 e. The van der Waals surface area contributed by atoms with Crippen molar-refractivity contribution in [2.45, 2.75) is 44.8 Å². The Kier molecular flexibility index (Phi) is 3.59. The fraction of sp³-hybridized carbons (Fsp3) is 1.00. The molecule has 13 heavy (non-hydrogen) atoms. The zero-order chi connectivity index (χ0) is 9.90. The Labute approximate surface area is 76.7 Å². The van der Waals surface area contributed by atoms with E-state index in [1.807, 2.05) is 0 Å². The molecule has 0 aliphatic carbocycles.